The van der Waals surface area contributed by atoms with Crippen LogP contribution < -0.4 is 22.1 Å². The second-order valence-electron chi connectivity index (χ2n) is 7.11. The van der Waals surface area contributed by atoms with Gasteiger partial charge in [-0.2, -0.15) is 4.98 Å². The molecule has 0 unspecified atom stereocenters. The van der Waals surface area contributed by atoms with Gasteiger partial charge < -0.3 is 26.7 Å². The number of nitrogens with two attached hydrogens (primary N) is 2. The number of hydrogen-bond acceptors (Lipinski definition) is 6. The topological polar surface area (TPSA) is 124 Å². The number of aromatic nitrogens is 3. The van der Waals surface area contributed by atoms with Crippen LogP contribution in [0.1, 0.15) is 30.1 Å². The Labute approximate surface area is 163 Å². The first-order valence-electron chi connectivity index (χ1n) is 9.59. The van der Waals surface area contributed by atoms with Crippen molar-refractivity contribution in [3.8, 4) is 0 Å². The molecule has 1 saturated carbocycles. The Morgan fingerprint density at radius 3 is 2.86 bits per heavy atom. The number of nitrogens with zero attached hydrogens (tertiary/aromatic N) is 3. The van der Waals surface area contributed by atoms with Crippen LogP contribution in [0.2, 0.25) is 0 Å². The van der Waals surface area contributed by atoms with E-state index in [1.54, 1.807) is 0 Å². The van der Waals surface area contributed by atoms with Gasteiger partial charge in [0, 0.05) is 42.6 Å². The molecule has 4 rings (SSSR count). The van der Waals surface area contributed by atoms with Crippen LogP contribution in [0.25, 0.3) is 10.9 Å². The number of carbonyl (C=O) groups excluding carboxylic acids is 1. The number of fused-ring (bicyclic) bond motifs is 1. The van der Waals surface area contributed by atoms with E-state index in [1.807, 2.05) is 24.4 Å². The van der Waals surface area contributed by atoms with E-state index in [0.29, 0.717) is 24.2 Å². The van der Waals surface area contributed by atoms with Crippen molar-refractivity contribution >= 4 is 34.3 Å². The second kappa shape index (κ2) is 7.47. The molecule has 1 aliphatic carbocycles. The summed E-state index contributed by atoms with van der Waals surface area (Å²) >= 11 is 0. The molecule has 1 fully saturated rings. The van der Waals surface area contributed by atoms with Crippen molar-refractivity contribution in [3.05, 3.63) is 42.2 Å². The fourth-order valence-electron chi connectivity index (χ4n) is 3.50. The monoisotopic (exact) mass is 379 g/mol. The molecule has 0 aliphatic heterocycles. The van der Waals surface area contributed by atoms with Gasteiger partial charge in [-0.25, -0.2) is 4.98 Å². The summed E-state index contributed by atoms with van der Waals surface area (Å²) in [5, 5.41) is 7.61. The molecule has 1 aliphatic rings. The molecule has 1 atom stereocenters. The Balaban J connectivity index is 1.68. The number of rotatable bonds is 8. The summed E-state index contributed by atoms with van der Waals surface area (Å²) in [6.07, 6.45) is 5.82. The SMILES string of the molecule is CCn1ccc2c(Nc3nc(N[C@@H](CN)C4CC4)ncc3C(N)=O)cccc21. The van der Waals surface area contributed by atoms with E-state index in [0.717, 1.165) is 36.0 Å². The fraction of sp³-hybridized carbons (Fsp3) is 0.350. The average molecular weight is 379 g/mol. The number of aryl methyl sites for hydroxylation is 1. The van der Waals surface area contributed by atoms with Gasteiger partial charge in [0.15, 0.2) is 0 Å². The highest BCUT2D eigenvalue weighted by atomic mass is 16.1. The predicted octanol–water partition coefficient (Wildman–Crippen LogP) is 2.44. The van der Waals surface area contributed by atoms with Crippen molar-refractivity contribution in [2.75, 3.05) is 17.2 Å². The van der Waals surface area contributed by atoms with Gasteiger partial charge in [0.05, 0.1) is 5.52 Å². The van der Waals surface area contributed by atoms with Crippen molar-refractivity contribution in [3.63, 3.8) is 0 Å². The van der Waals surface area contributed by atoms with Crippen LogP contribution in [0.4, 0.5) is 17.5 Å². The number of carbonyl (C=O) groups is 1. The highest BCUT2D eigenvalue weighted by Crippen LogP contribution is 2.34. The lowest BCUT2D eigenvalue weighted by Gasteiger charge is -2.17. The van der Waals surface area contributed by atoms with Crippen LogP contribution in [-0.2, 0) is 6.54 Å². The molecule has 2 aromatic heterocycles. The molecule has 1 amide bonds. The Morgan fingerprint density at radius 2 is 2.18 bits per heavy atom. The third-order valence-electron chi connectivity index (χ3n) is 5.22. The quantitative estimate of drug-likeness (QED) is 0.476. The second-order valence-corrected chi connectivity index (χ2v) is 7.11. The van der Waals surface area contributed by atoms with E-state index >= 15 is 0 Å². The maximum absolute atomic E-state index is 11.9. The van der Waals surface area contributed by atoms with Gasteiger partial charge in [0.1, 0.15) is 11.4 Å². The fourth-order valence-corrected chi connectivity index (χ4v) is 3.50. The van der Waals surface area contributed by atoms with Gasteiger partial charge in [-0.15, -0.1) is 0 Å². The minimum atomic E-state index is -0.579. The number of amides is 1. The van der Waals surface area contributed by atoms with Crippen LogP contribution in [0, 0.1) is 5.92 Å². The summed E-state index contributed by atoms with van der Waals surface area (Å²) in [4.78, 5) is 20.7. The minimum Gasteiger partial charge on any atom is -0.365 e. The van der Waals surface area contributed by atoms with Crippen molar-refractivity contribution < 1.29 is 4.79 Å². The van der Waals surface area contributed by atoms with Gasteiger partial charge in [-0.1, -0.05) is 6.07 Å². The number of primary amides is 1. The minimum absolute atomic E-state index is 0.134. The van der Waals surface area contributed by atoms with Crippen LogP contribution in [-0.4, -0.2) is 33.0 Å². The summed E-state index contributed by atoms with van der Waals surface area (Å²) in [7, 11) is 0. The molecule has 28 heavy (non-hydrogen) atoms. The lowest BCUT2D eigenvalue weighted by atomic mass is 10.2. The molecule has 6 N–H and O–H groups in total. The Hall–Kier alpha value is -3.13. The lowest BCUT2D eigenvalue weighted by Crippen LogP contribution is -2.31. The van der Waals surface area contributed by atoms with Gasteiger partial charge >= 0.3 is 0 Å². The summed E-state index contributed by atoms with van der Waals surface area (Å²) < 4.78 is 2.16. The van der Waals surface area contributed by atoms with E-state index in [9.17, 15) is 4.79 Å². The highest BCUT2D eigenvalue weighted by Gasteiger charge is 2.30. The summed E-state index contributed by atoms with van der Waals surface area (Å²) in [5.41, 5.74) is 13.6. The molecule has 8 nitrogen and oxygen atoms in total. The summed E-state index contributed by atoms with van der Waals surface area (Å²) in [6, 6.07) is 8.17. The van der Waals surface area contributed by atoms with E-state index < -0.39 is 5.91 Å². The molecule has 0 saturated heterocycles. The zero-order valence-corrected chi connectivity index (χ0v) is 15.9. The maximum atomic E-state index is 11.9. The van der Waals surface area contributed by atoms with Crippen LogP contribution >= 0.6 is 0 Å². The largest absolute Gasteiger partial charge is 0.365 e. The smallest absolute Gasteiger partial charge is 0.254 e. The predicted molar refractivity (Wildman–Crippen MR) is 111 cm³/mol. The molecule has 1 aromatic carbocycles. The van der Waals surface area contributed by atoms with Gasteiger partial charge in [-0.3, -0.25) is 4.79 Å². The van der Waals surface area contributed by atoms with Crippen LogP contribution in [0.5, 0.6) is 0 Å². The van der Waals surface area contributed by atoms with E-state index in [4.69, 9.17) is 11.5 Å². The molecule has 146 valence electrons. The molecule has 2 heterocycles. The van der Waals surface area contributed by atoms with Gasteiger partial charge in [0.25, 0.3) is 5.91 Å². The maximum Gasteiger partial charge on any atom is 0.254 e. The first-order chi connectivity index (χ1) is 13.6. The lowest BCUT2D eigenvalue weighted by molar-refractivity contribution is 0.100. The third-order valence-corrected chi connectivity index (χ3v) is 5.22. The van der Waals surface area contributed by atoms with Crippen molar-refractivity contribution in [2.24, 2.45) is 17.4 Å². The standard InChI is InChI=1S/C20H25N7O/c1-2-27-9-8-13-15(4-3-5-17(13)27)24-19-14(18(22)28)11-23-20(26-19)25-16(10-21)12-6-7-12/h3-5,8-9,11-12,16H,2,6-7,10,21H2,1H3,(H2,22,28)(H2,23,24,25,26)/t16-/m0/s1. The first kappa shape index (κ1) is 18.2. The summed E-state index contributed by atoms with van der Waals surface area (Å²) in [5.74, 6) is 0.801. The van der Waals surface area contributed by atoms with Crippen LogP contribution in [0.3, 0.4) is 0 Å². The molecule has 0 bridgehead atoms. The molecule has 3 aromatic rings. The third kappa shape index (κ3) is 3.50. The molecular formula is C20H25N7O. The van der Waals surface area contributed by atoms with Crippen LogP contribution in [0.15, 0.2) is 36.7 Å². The van der Waals surface area contributed by atoms with Gasteiger partial charge in [-0.05, 0) is 43.9 Å². The van der Waals surface area contributed by atoms with Crippen molar-refractivity contribution in [2.45, 2.75) is 32.4 Å². The Morgan fingerprint density at radius 1 is 1.36 bits per heavy atom. The number of hydrogen-bond donors (Lipinski definition) is 4. The summed E-state index contributed by atoms with van der Waals surface area (Å²) in [6.45, 7) is 3.49. The number of anilines is 3. The van der Waals surface area contributed by atoms with E-state index in [-0.39, 0.29) is 11.6 Å². The normalized spacial score (nSPS) is 14.8. The molecule has 0 radical (unpaired) electrons. The highest BCUT2D eigenvalue weighted by molar-refractivity contribution is 6.00. The molecule has 8 heteroatoms. The average Bonchev–Trinajstić information content (AvgIpc) is 3.45. The number of nitrogens with one attached hydrogen (secondary N) is 2. The van der Waals surface area contributed by atoms with E-state index in [1.165, 1.54) is 6.20 Å². The van der Waals surface area contributed by atoms with Crippen molar-refractivity contribution in [1.29, 1.82) is 0 Å². The first-order valence-corrected chi connectivity index (χ1v) is 9.59. The zero-order valence-electron chi connectivity index (χ0n) is 15.9. The van der Waals surface area contributed by atoms with E-state index in [2.05, 4.69) is 38.2 Å². The molecule has 0 spiro atoms. The van der Waals surface area contributed by atoms with Gasteiger partial charge in [0.2, 0.25) is 5.95 Å². The molecular weight excluding hydrogens is 354 g/mol. The Kier molecular flexibility index (Phi) is 4.87. The Bertz CT molecular complexity index is 1010. The number of benzene rings is 1. The zero-order chi connectivity index (χ0) is 19.7. The van der Waals surface area contributed by atoms with Crippen molar-refractivity contribution in [1.82, 2.24) is 14.5 Å².